The summed E-state index contributed by atoms with van der Waals surface area (Å²) in [5, 5.41) is 0. The third kappa shape index (κ3) is 5.65. The van der Waals surface area contributed by atoms with Crippen molar-refractivity contribution < 1.29 is 23.8 Å². The average Bonchev–Trinajstić information content (AvgIpc) is 2.98. The number of ether oxygens (including phenoxy) is 3. The molecule has 0 unspecified atom stereocenters. The second kappa shape index (κ2) is 8.19. The third-order valence-corrected chi connectivity index (χ3v) is 4.45. The molecule has 2 rings (SSSR count). The summed E-state index contributed by atoms with van der Waals surface area (Å²) in [6.45, 7) is 8.80. The van der Waals surface area contributed by atoms with Crippen LogP contribution >= 0.6 is 0 Å². The molecular formula is C18H31NO5. The number of hydrogen-bond acceptors (Lipinski definition) is 5. The topological polar surface area (TPSA) is 65.1 Å². The molecule has 0 aromatic carbocycles. The van der Waals surface area contributed by atoms with Crippen LogP contribution in [0.4, 0.5) is 4.79 Å². The monoisotopic (exact) mass is 341 g/mol. The fraction of sp³-hybridized carbons (Fsp3) is 0.889. The molecule has 2 aliphatic rings. The van der Waals surface area contributed by atoms with E-state index in [0.717, 1.165) is 38.7 Å². The lowest BCUT2D eigenvalue weighted by Crippen LogP contribution is -2.51. The van der Waals surface area contributed by atoms with Crippen LogP contribution < -0.4 is 0 Å². The van der Waals surface area contributed by atoms with Crippen LogP contribution in [-0.2, 0) is 19.0 Å². The lowest BCUT2D eigenvalue weighted by Gasteiger charge is -2.39. The maximum absolute atomic E-state index is 12.4. The number of esters is 1. The van der Waals surface area contributed by atoms with Gasteiger partial charge in [-0.25, -0.2) is 4.79 Å². The van der Waals surface area contributed by atoms with Crippen LogP contribution in [0.25, 0.3) is 0 Å². The van der Waals surface area contributed by atoms with Gasteiger partial charge in [0.15, 0.2) is 0 Å². The molecule has 0 bridgehead atoms. The molecule has 1 amide bonds. The highest BCUT2D eigenvalue weighted by Crippen LogP contribution is 2.25. The molecule has 3 atom stereocenters. The molecule has 2 saturated heterocycles. The Morgan fingerprint density at radius 2 is 1.96 bits per heavy atom. The number of likely N-dealkylation sites (tertiary alicyclic amines) is 1. The van der Waals surface area contributed by atoms with Crippen LogP contribution in [0.5, 0.6) is 0 Å². The van der Waals surface area contributed by atoms with Gasteiger partial charge in [0, 0.05) is 13.2 Å². The van der Waals surface area contributed by atoms with Gasteiger partial charge in [-0.2, -0.15) is 0 Å². The van der Waals surface area contributed by atoms with E-state index >= 15 is 0 Å². The van der Waals surface area contributed by atoms with Crippen LogP contribution in [0.2, 0.25) is 0 Å². The van der Waals surface area contributed by atoms with Crippen molar-refractivity contribution in [2.45, 2.75) is 90.1 Å². The van der Waals surface area contributed by atoms with E-state index in [0.29, 0.717) is 13.0 Å². The van der Waals surface area contributed by atoms with Gasteiger partial charge in [0.2, 0.25) is 0 Å². The Labute approximate surface area is 144 Å². The fourth-order valence-corrected chi connectivity index (χ4v) is 3.32. The van der Waals surface area contributed by atoms with Gasteiger partial charge in [-0.05, 0) is 59.8 Å². The zero-order valence-corrected chi connectivity index (χ0v) is 15.4. The molecule has 0 spiro atoms. The summed E-state index contributed by atoms with van der Waals surface area (Å²) in [5.74, 6) is -0.246. The summed E-state index contributed by atoms with van der Waals surface area (Å²) in [6, 6.07) is -0.123. The van der Waals surface area contributed by atoms with Crippen molar-refractivity contribution in [1.82, 2.24) is 4.90 Å². The SMILES string of the molecule is C[C@H](OC(=O)C[C@@H]1CCCO1)[C@@H]1CCCCN1C(=O)OC(C)(C)C. The van der Waals surface area contributed by atoms with Gasteiger partial charge in [-0.3, -0.25) is 4.79 Å². The summed E-state index contributed by atoms with van der Waals surface area (Å²) in [6.07, 6.45) is 4.33. The first-order valence-corrected chi connectivity index (χ1v) is 9.07. The molecule has 2 aliphatic heterocycles. The third-order valence-electron chi connectivity index (χ3n) is 4.45. The summed E-state index contributed by atoms with van der Waals surface area (Å²) in [4.78, 5) is 26.3. The minimum Gasteiger partial charge on any atom is -0.460 e. The quantitative estimate of drug-likeness (QED) is 0.734. The Morgan fingerprint density at radius 3 is 2.58 bits per heavy atom. The number of piperidine rings is 1. The normalized spacial score (nSPS) is 26.1. The van der Waals surface area contributed by atoms with E-state index < -0.39 is 5.60 Å². The molecule has 2 heterocycles. The Kier molecular flexibility index (Phi) is 6.49. The van der Waals surface area contributed by atoms with E-state index in [-0.39, 0.29) is 30.3 Å². The van der Waals surface area contributed by atoms with Gasteiger partial charge in [-0.1, -0.05) is 0 Å². The number of carbonyl (C=O) groups is 2. The van der Waals surface area contributed by atoms with Crippen LogP contribution in [0.1, 0.15) is 66.2 Å². The van der Waals surface area contributed by atoms with E-state index in [4.69, 9.17) is 14.2 Å². The number of nitrogens with zero attached hydrogens (tertiary/aromatic N) is 1. The van der Waals surface area contributed by atoms with Crippen molar-refractivity contribution in [3.8, 4) is 0 Å². The van der Waals surface area contributed by atoms with E-state index in [1.807, 2.05) is 27.7 Å². The van der Waals surface area contributed by atoms with Gasteiger partial charge >= 0.3 is 12.1 Å². The molecule has 0 radical (unpaired) electrons. The van der Waals surface area contributed by atoms with Crippen LogP contribution in [0.15, 0.2) is 0 Å². The average molecular weight is 341 g/mol. The second-order valence-electron chi connectivity index (χ2n) is 7.77. The van der Waals surface area contributed by atoms with Crippen molar-refractivity contribution in [2.75, 3.05) is 13.2 Å². The molecule has 6 nitrogen and oxygen atoms in total. The highest BCUT2D eigenvalue weighted by Gasteiger charge is 2.35. The van der Waals surface area contributed by atoms with Crippen molar-refractivity contribution in [2.24, 2.45) is 0 Å². The lowest BCUT2D eigenvalue weighted by molar-refractivity contribution is -0.154. The minimum absolute atomic E-state index is 0.0157. The largest absolute Gasteiger partial charge is 0.460 e. The zero-order chi connectivity index (χ0) is 17.7. The molecule has 0 aromatic rings. The highest BCUT2D eigenvalue weighted by atomic mass is 16.6. The number of amides is 1. The van der Waals surface area contributed by atoms with Crippen molar-refractivity contribution in [1.29, 1.82) is 0 Å². The van der Waals surface area contributed by atoms with Gasteiger partial charge in [0.05, 0.1) is 18.6 Å². The molecular weight excluding hydrogens is 310 g/mol. The predicted molar refractivity (Wildman–Crippen MR) is 89.7 cm³/mol. The molecule has 138 valence electrons. The Bertz CT molecular complexity index is 439. The number of hydrogen-bond donors (Lipinski definition) is 0. The Morgan fingerprint density at radius 1 is 1.21 bits per heavy atom. The standard InChI is InChI=1S/C18H31NO5/c1-13(23-16(20)12-14-8-7-11-22-14)15-9-5-6-10-19(15)17(21)24-18(2,3)4/h13-15H,5-12H2,1-4H3/t13-,14-,15-/m0/s1. The van der Waals surface area contributed by atoms with E-state index in [1.165, 1.54) is 0 Å². The number of rotatable bonds is 4. The Hall–Kier alpha value is -1.30. The van der Waals surface area contributed by atoms with Crippen LogP contribution in [-0.4, -0.2) is 54.0 Å². The summed E-state index contributed by atoms with van der Waals surface area (Å²) >= 11 is 0. The highest BCUT2D eigenvalue weighted by molar-refractivity contribution is 5.71. The lowest BCUT2D eigenvalue weighted by atomic mass is 9.98. The van der Waals surface area contributed by atoms with Gasteiger partial charge in [-0.15, -0.1) is 0 Å². The van der Waals surface area contributed by atoms with E-state index in [1.54, 1.807) is 4.90 Å². The molecule has 0 saturated carbocycles. The molecule has 0 aliphatic carbocycles. The van der Waals surface area contributed by atoms with Gasteiger partial charge < -0.3 is 19.1 Å². The fourth-order valence-electron chi connectivity index (χ4n) is 3.32. The molecule has 0 aromatic heterocycles. The summed E-state index contributed by atoms with van der Waals surface area (Å²) in [5.41, 5.74) is -0.529. The molecule has 2 fully saturated rings. The van der Waals surface area contributed by atoms with Crippen LogP contribution in [0, 0.1) is 0 Å². The zero-order valence-electron chi connectivity index (χ0n) is 15.4. The van der Waals surface area contributed by atoms with Gasteiger partial charge in [0.1, 0.15) is 11.7 Å². The van der Waals surface area contributed by atoms with Crippen molar-refractivity contribution >= 4 is 12.1 Å². The predicted octanol–water partition coefficient (Wildman–Crippen LogP) is 3.28. The smallest absolute Gasteiger partial charge is 0.410 e. The van der Waals surface area contributed by atoms with Gasteiger partial charge in [0.25, 0.3) is 0 Å². The summed E-state index contributed by atoms with van der Waals surface area (Å²) < 4.78 is 16.6. The first kappa shape index (κ1) is 19.0. The molecule has 6 heteroatoms. The second-order valence-corrected chi connectivity index (χ2v) is 7.77. The molecule has 24 heavy (non-hydrogen) atoms. The Balaban J connectivity index is 1.90. The van der Waals surface area contributed by atoms with E-state index in [2.05, 4.69) is 0 Å². The van der Waals surface area contributed by atoms with Crippen molar-refractivity contribution in [3.05, 3.63) is 0 Å². The first-order valence-electron chi connectivity index (χ1n) is 9.07. The van der Waals surface area contributed by atoms with Crippen molar-refractivity contribution in [3.63, 3.8) is 0 Å². The molecule has 0 N–H and O–H groups in total. The first-order chi connectivity index (χ1) is 11.3. The maximum atomic E-state index is 12.4. The van der Waals surface area contributed by atoms with E-state index in [9.17, 15) is 9.59 Å². The minimum atomic E-state index is -0.529. The van der Waals surface area contributed by atoms with Crippen LogP contribution in [0.3, 0.4) is 0 Å². The maximum Gasteiger partial charge on any atom is 0.410 e. The summed E-state index contributed by atoms with van der Waals surface area (Å²) in [7, 11) is 0. The number of carbonyl (C=O) groups excluding carboxylic acids is 2.